The third-order valence-corrected chi connectivity index (χ3v) is 6.96. The SMILES string of the molecule is COc1cc(-c2nnc(CCC(=O)N3CCc4ccccc4C3)c(=O)[nH]2)ccc1OCC1CCC1. The van der Waals surface area contributed by atoms with Gasteiger partial charge in [-0.2, -0.15) is 0 Å². The van der Waals surface area contributed by atoms with Crippen molar-refractivity contribution in [1.82, 2.24) is 20.1 Å². The molecular formula is C27H30N4O4. The van der Waals surface area contributed by atoms with Crippen molar-refractivity contribution in [3.8, 4) is 22.9 Å². The summed E-state index contributed by atoms with van der Waals surface area (Å²) in [5.41, 5.74) is 3.08. The van der Waals surface area contributed by atoms with Gasteiger partial charge in [0, 0.05) is 31.5 Å². The number of carbonyl (C=O) groups excluding carboxylic acids is 1. The summed E-state index contributed by atoms with van der Waals surface area (Å²) in [5, 5.41) is 8.33. The number of aromatic nitrogens is 3. The molecule has 1 aliphatic heterocycles. The maximum Gasteiger partial charge on any atom is 0.273 e. The van der Waals surface area contributed by atoms with Crippen molar-refractivity contribution in [3.05, 3.63) is 69.6 Å². The fraction of sp³-hybridized carbons (Fsp3) is 0.407. The van der Waals surface area contributed by atoms with Crippen LogP contribution in [0.1, 0.15) is 42.5 Å². The van der Waals surface area contributed by atoms with Gasteiger partial charge in [0.05, 0.1) is 13.7 Å². The maximum atomic E-state index is 12.7. The van der Waals surface area contributed by atoms with Crippen LogP contribution in [0.2, 0.25) is 0 Å². The zero-order valence-electron chi connectivity index (χ0n) is 20.0. The summed E-state index contributed by atoms with van der Waals surface area (Å²) in [5.74, 6) is 2.25. The molecule has 35 heavy (non-hydrogen) atoms. The number of aryl methyl sites for hydroxylation is 1. The molecule has 8 nitrogen and oxygen atoms in total. The Bertz CT molecular complexity index is 1270. The zero-order chi connectivity index (χ0) is 24.2. The van der Waals surface area contributed by atoms with Crippen LogP contribution in [0.5, 0.6) is 11.5 Å². The van der Waals surface area contributed by atoms with E-state index in [2.05, 4.69) is 27.3 Å². The molecule has 0 unspecified atom stereocenters. The summed E-state index contributed by atoms with van der Waals surface area (Å²) in [4.78, 5) is 30.1. The van der Waals surface area contributed by atoms with E-state index in [1.807, 2.05) is 29.2 Å². The van der Waals surface area contributed by atoms with Crippen molar-refractivity contribution in [3.63, 3.8) is 0 Å². The molecule has 0 saturated heterocycles. The predicted octanol–water partition coefficient (Wildman–Crippen LogP) is 3.54. The minimum absolute atomic E-state index is 0.0204. The lowest BCUT2D eigenvalue weighted by molar-refractivity contribution is -0.132. The topological polar surface area (TPSA) is 97.4 Å². The Balaban J connectivity index is 1.21. The van der Waals surface area contributed by atoms with Crippen molar-refractivity contribution >= 4 is 5.91 Å². The Hall–Kier alpha value is -3.68. The third kappa shape index (κ3) is 5.21. The summed E-state index contributed by atoms with van der Waals surface area (Å²) in [6, 6.07) is 13.6. The first-order valence-electron chi connectivity index (χ1n) is 12.2. The van der Waals surface area contributed by atoms with E-state index >= 15 is 0 Å². The molecule has 0 atom stereocenters. The van der Waals surface area contributed by atoms with E-state index < -0.39 is 0 Å². The van der Waals surface area contributed by atoms with Crippen LogP contribution in [-0.4, -0.2) is 46.2 Å². The van der Waals surface area contributed by atoms with Gasteiger partial charge in [0.2, 0.25) is 5.91 Å². The summed E-state index contributed by atoms with van der Waals surface area (Å²) in [6.45, 7) is 1.99. The molecule has 1 aliphatic carbocycles. The first-order valence-corrected chi connectivity index (χ1v) is 12.2. The Kier molecular flexibility index (Phi) is 6.79. The number of H-pyrrole nitrogens is 1. The van der Waals surface area contributed by atoms with Crippen LogP contribution >= 0.6 is 0 Å². The molecule has 8 heteroatoms. The molecule has 182 valence electrons. The normalized spacial score (nSPS) is 15.3. The maximum absolute atomic E-state index is 12.7. The molecule has 1 saturated carbocycles. The lowest BCUT2D eigenvalue weighted by Crippen LogP contribution is -2.36. The molecule has 0 radical (unpaired) electrons. The average molecular weight is 475 g/mol. The van der Waals surface area contributed by atoms with Gasteiger partial charge in [0.15, 0.2) is 17.3 Å². The van der Waals surface area contributed by atoms with Crippen LogP contribution in [0, 0.1) is 5.92 Å². The van der Waals surface area contributed by atoms with Gasteiger partial charge < -0.3 is 19.4 Å². The smallest absolute Gasteiger partial charge is 0.273 e. The molecule has 1 fully saturated rings. The van der Waals surface area contributed by atoms with Gasteiger partial charge in [-0.05, 0) is 54.5 Å². The lowest BCUT2D eigenvalue weighted by atomic mass is 9.86. The number of methoxy groups -OCH3 is 1. The van der Waals surface area contributed by atoms with Crippen LogP contribution in [0.4, 0.5) is 0 Å². The highest BCUT2D eigenvalue weighted by molar-refractivity contribution is 5.76. The Morgan fingerprint density at radius 1 is 1.11 bits per heavy atom. The Morgan fingerprint density at radius 3 is 2.69 bits per heavy atom. The van der Waals surface area contributed by atoms with Crippen molar-refractivity contribution in [2.45, 2.75) is 45.1 Å². The first-order chi connectivity index (χ1) is 17.1. The quantitative estimate of drug-likeness (QED) is 0.536. The fourth-order valence-electron chi connectivity index (χ4n) is 4.55. The summed E-state index contributed by atoms with van der Waals surface area (Å²) < 4.78 is 11.4. The number of hydrogen-bond donors (Lipinski definition) is 1. The molecular weight excluding hydrogens is 444 g/mol. The fourth-order valence-corrected chi connectivity index (χ4v) is 4.55. The minimum atomic E-state index is -0.337. The minimum Gasteiger partial charge on any atom is -0.493 e. The molecule has 1 aromatic heterocycles. The van der Waals surface area contributed by atoms with Gasteiger partial charge in [0.1, 0.15) is 5.69 Å². The second-order valence-electron chi connectivity index (χ2n) is 9.26. The van der Waals surface area contributed by atoms with E-state index in [4.69, 9.17) is 9.47 Å². The van der Waals surface area contributed by atoms with E-state index in [0.717, 1.165) is 6.42 Å². The van der Waals surface area contributed by atoms with Crippen molar-refractivity contribution in [1.29, 1.82) is 0 Å². The standard InChI is InChI=1S/C27H30N4O4/c1-34-24-15-20(9-11-23(24)35-17-18-5-4-6-18)26-28-27(33)22(29-30-26)10-12-25(32)31-14-13-19-7-2-3-8-21(19)16-31/h2-3,7-9,11,15,18H,4-6,10,12-14,16-17H2,1H3,(H,28,30,33). The molecule has 2 heterocycles. The van der Waals surface area contributed by atoms with Crippen molar-refractivity contribution in [2.75, 3.05) is 20.3 Å². The molecule has 2 aliphatic rings. The highest BCUT2D eigenvalue weighted by atomic mass is 16.5. The van der Waals surface area contributed by atoms with Crippen molar-refractivity contribution in [2.24, 2.45) is 5.92 Å². The largest absolute Gasteiger partial charge is 0.493 e. The molecule has 2 aromatic carbocycles. The van der Waals surface area contributed by atoms with E-state index in [1.165, 1.54) is 30.4 Å². The van der Waals surface area contributed by atoms with Crippen LogP contribution in [0.25, 0.3) is 11.4 Å². The number of rotatable bonds is 8. The second kappa shape index (κ2) is 10.3. The van der Waals surface area contributed by atoms with E-state index in [1.54, 1.807) is 13.2 Å². The average Bonchev–Trinajstić information content (AvgIpc) is 2.86. The van der Waals surface area contributed by atoms with Crippen LogP contribution in [0.15, 0.2) is 47.3 Å². The number of fused-ring (bicyclic) bond motifs is 1. The summed E-state index contributed by atoms with van der Waals surface area (Å²) in [7, 11) is 1.59. The van der Waals surface area contributed by atoms with Gasteiger partial charge >= 0.3 is 0 Å². The second-order valence-corrected chi connectivity index (χ2v) is 9.26. The highest BCUT2D eigenvalue weighted by Gasteiger charge is 2.21. The number of ether oxygens (including phenoxy) is 2. The first kappa shape index (κ1) is 23.1. The molecule has 1 N–H and O–H groups in total. The summed E-state index contributed by atoms with van der Waals surface area (Å²) in [6.07, 6.45) is 5.01. The third-order valence-electron chi connectivity index (χ3n) is 6.96. The monoisotopic (exact) mass is 474 g/mol. The van der Waals surface area contributed by atoms with Gasteiger partial charge in [-0.15, -0.1) is 10.2 Å². The zero-order valence-corrected chi connectivity index (χ0v) is 20.0. The van der Waals surface area contributed by atoms with Crippen LogP contribution < -0.4 is 15.0 Å². The van der Waals surface area contributed by atoms with Crippen LogP contribution in [-0.2, 0) is 24.2 Å². The van der Waals surface area contributed by atoms with E-state index in [-0.39, 0.29) is 30.0 Å². The number of hydrogen-bond acceptors (Lipinski definition) is 6. The van der Waals surface area contributed by atoms with Crippen LogP contribution in [0.3, 0.4) is 0 Å². The van der Waals surface area contributed by atoms with E-state index in [9.17, 15) is 9.59 Å². The number of nitrogens with one attached hydrogen (secondary N) is 1. The molecule has 5 rings (SSSR count). The predicted molar refractivity (Wildman–Crippen MR) is 131 cm³/mol. The number of amides is 1. The van der Waals surface area contributed by atoms with Gasteiger partial charge in [0.25, 0.3) is 5.56 Å². The Labute approximate surface area is 204 Å². The number of carbonyl (C=O) groups is 1. The number of benzene rings is 2. The molecule has 0 spiro atoms. The van der Waals surface area contributed by atoms with Crippen molar-refractivity contribution < 1.29 is 14.3 Å². The summed E-state index contributed by atoms with van der Waals surface area (Å²) >= 11 is 0. The van der Waals surface area contributed by atoms with Gasteiger partial charge in [-0.25, -0.2) is 0 Å². The number of nitrogens with zero attached hydrogens (tertiary/aromatic N) is 3. The number of aromatic amines is 1. The lowest BCUT2D eigenvalue weighted by Gasteiger charge is -2.28. The molecule has 0 bridgehead atoms. The van der Waals surface area contributed by atoms with Gasteiger partial charge in [-0.1, -0.05) is 30.7 Å². The van der Waals surface area contributed by atoms with E-state index in [0.29, 0.717) is 48.5 Å². The highest BCUT2D eigenvalue weighted by Crippen LogP contribution is 2.33. The molecule has 1 amide bonds. The molecule has 3 aromatic rings. The van der Waals surface area contributed by atoms with Gasteiger partial charge in [-0.3, -0.25) is 9.59 Å². The Morgan fingerprint density at radius 2 is 1.94 bits per heavy atom.